The Morgan fingerprint density at radius 1 is 1.27 bits per heavy atom. The second-order valence-electron chi connectivity index (χ2n) is 3.25. The molecule has 0 N–H and O–H groups in total. The predicted octanol–water partition coefficient (Wildman–Crippen LogP) is 3.20. The fourth-order valence-corrected chi connectivity index (χ4v) is 1.41. The minimum Gasteiger partial charge on any atom is -0.253 e. The summed E-state index contributed by atoms with van der Waals surface area (Å²) in [5.74, 6) is -1.13. The average Bonchev–Trinajstić information content (AvgIpc) is 2.20. The molecule has 1 nitrogen and oxygen atoms in total. The molecule has 0 spiro atoms. The van der Waals surface area contributed by atoms with E-state index >= 15 is 0 Å². The van der Waals surface area contributed by atoms with E-state index in [0.29, 0.717) is 5.69 Å². The SMILES string of the molecule is FC1=CC(F)CC=C1c1ccc(F)cn1. The van der Waals surface area contributed by atoms with Gasteiger partial charge in [0.25, 0.3) is 0 Å². The highest BCUT2D eigenvalue weighted by Crippen LogP contribution is 2.28. The molecule has 0 amide bonds. The first-order valence-electron chi connectivity index (χ1n) is 4.50. The van der Waals surface area contributed by atoms with Gasteiger partial charge in [0.05, 0.1) is 11.9 Å². The lowest BCUT2D eigenvalue weighted by Gasteiger charge is -2.11. The molecule has 1 aromatic rings. The number of allylic oxidation sites excluding steroid dienone is 4. The predicted molar refractivity (Wildman–Crippen MR) is 50.9 cm³/mol. The fourth-order valence-electron chi connectivity index (χ4n) is 1.41. The topological polar surface area (TPSA) is 12.9 Å². The van der Waals surface area contributed by atoms with Gasteiger partial charge < -0.3 is 0 Å². The van der Waals surface area contributed by atoms with Crippen LogP contribution in [0.3, 0.4) is 0 Å². The van der Waals surface area contributed by atoms with Gasteiger partial charge in [-0.1, -0.05) is 6.08 Å². The minimum atomic E-state index is -1.28. The molecule has 0 bridgehead atoms. The highest BCUT2D eigenvalue weighted by Gasteiger charge is 2.17. The maximum Gasteiger partial charge on any atom is 0.141 e. The summed E-state index contributed by atoms with van der Waals surface area (Å²) in [5.41, 5.74) is 0.543. The summed E-state index contributed by atoms with van der Waals surface area (Å²) < 4.78 is 38.6. The molecule has 78 valence electrons. The zero-order valence-corrected chi connectivity index (χ0v) is 7.75. The molecule has 0 saturated carbocycles. The van der Waals surface area contributed by atoms with Crippen molar-refractivity contribution in [2.24, 2.45) is 0 Å². The molecule has 1 unspecified atom stereocenters. The Morgan fingerprint density at radius 3 is 2.67 bits per heavy atom. The van der Waals surface area contributed by atoms with Crippen LogP contribution in [0, 0.1) is 5.82 Å². The first-order chi connectivity index (χ1) is 7.16. The van der Waals surface area contributed by atoms with Crippen LogP contribution in [0.15, 0.2) is 36.3 Å². The van der Waals surface area contributed by atoms with E-state index in [9.17, 15) is 13.2 Å². The Kier molecular flexibility index (Phi) is 2.58. The van der Waals surface area contributed by atoms with E-state index < -0.39 is 17.8 Å². The van der Waals surface area contributed by atoms with E-state index in [1.807, 2.05) is 0 Å². The number of nitrogens with zero attached hydrogens (tertiary/aromatic N) is 1. The molecule has 4 heteroatoms. The molecular weight excluding hydrogens is 203 g/mol. The zero-order chi connectivity index (χ0) is 10.8. The van der Waals surface area contributed by atoms with Gasteiger partial charge in [0.1, 0.15) is 17.8 Å². The number of alkyl halides is 1. The van der Waals surface area contributed by atoms with Gasteiger partial charge in [-0.3, -0.25) is 4.98 Å². The van der Waals surface area contributed by atoms with E-state index in [-0.39, 0.29) is 12.0 Å². The Balaban J connectivity index is 2.33. The second kappa shape index (κ2) is 3.88. The number of rotatable bonds is 1. The lowest BCUT2D eigenvalue weighted by Crippen LogP contribution is -2.02. The standard InChI is InChI=1S/C11H8F3N/c12-7-1-3-9(10(14)5-7)11-4-2-8(13)6-15-11/h2-7H,1H2. The van der Waals surface area contributed by atoms with Crippen molar-refractivity contribution in [3.8, 4) is 0 Å². The van der Waals surface area contributed by atoms with Gasteiger partial charge in [0.2, 0.25) is 0 Å². The van der Waals surface area contributed by atoms with E-state index in [1.54, 1.807) is 0 Å². The van der Waals surface area contributed by atoms with Crippen LogP contribution >= 0.6 is 0 Å². The first kappa shape index (κ1) is 9.96. The highest BCUT2D eigenvalue weighted by atomic mass is 19.1. The lowest BCUT2D eigenvalue weighted by atomic mass is 10.0. The van der Waals surface area contributed by atoms with Gasteiger partial charge in [-0.15, -0.1) is 0 Å². The van der Waals surface area contributed by atoms with Gasteiger partial charge >= 0.3 is 0 Å². The minimum absolute atomic E-state index is 0.127. The van der Waals surface area contributed by atoms with Crippen LogP contribution in [0.2, 0.25) is 0 Å². The van der Waals surface area contributed by atoms with Crippen LogP contribution in [-0.2, 0) is 0 Å². The molecule has 0 fully saturated rings. The van der Waals surface area contributed by atoms with Gasteiger partial charge in [-0.25, -0.2) is 13.2 Å². The Morgan fingerprint density at radius 2 is 2.07 bits per heavy atom. The fraction of sp³-hybridized carbons (Fsp3) is 0.182. The van der Waals surface area contributed by atoms with Crippen molar-refractivity contribution in [2.45, 2.75) is 12.6 Å². The van der Waals surface area contributed by atoms with Gasteiger partial charge in [-0.2, -0.15) is 0 Å². The molecule has 15 heavy (non-hydrogen) atoms. The summed E-state index contributed by atoms with van der Waals surface area (Å²) in [4.78, 5) is 3.73. The molecule has 1 atom stereocenters. The van der Waals surface area contributed by atoms with Crippen molar-refractivity contribution >= 4 is 5.57 Å². The van der Waals surface area contributed by atoms with Crippen molar-refractivity contribution in [3.05, 3.63) is 47.8 Å². The van der Waals surface area contributed by atoms with Gasteiger partial charge in [0.15, 0.2) is 0 Å². The maximum absolute atomic E-state index is 13.3. The number of aromatic nitrogens is 1. The molecule has 0 radical (unpaired) electrons. The molecule has 1 aliphatic carbocycles. The molecule has 1 heterocycles. The van der Waals surface area contributed by atoms with Crippen LogP contribution in [0.25, 0.3) is 5.57 Å². The summed E-state index contributed by atoms with van der Waals surface area (Å²) >= 11 is 0. The quantitative estimate of drug-likeness (QED) is 0.695. The Hall–Kier alpha value is -1.58. The van der Waals surface area contributed by atoms with Crippen molar-refractivity contribution in [1.29, 1.82) is 0 Å². The first-order valence-corrected chi connectivity index (χ1v) is 4.50. The molecule has 0 aromatic carbocycles. The summed E-state index contributed by atoms with van der Waals surface area (Å²) in [6.07, 6.45) is 2.18. The van der Waals surface area contributed by atoms with Crippen molar-refractivity contribution < 1.29 is 13.2 Å². The summed E-state index contributed by atoms with van der Waals surface area (Å²) in [7, 11) is 0. The summed E-state index contributed by atoms with van der Waals surface area (Å²) in [6, 6.07) is 2.56. The number of pyridine rings is 1. The number of hydrogen-bond donors (Lipinski definition) is 0. The highest BCUT2D eigenvalue weighted by molar-refractivity contribution is 5.75. The van der Waals surface area contributed by atoms with Crippen LogP contribution in [0.1, 0.15) is 12.1 Å². The van der Waals surface area contributed by atoms with Crippen molar-refractivity contribution in [2.75, 3.05) is 0 Å². The maximum atomic E-state index is 13.3. The average molecular weight is 211 g/mol. The van der Waals surface area contributed by atoms with E-state index in [1.165, 1.54) is 18.2 Å². The number of halogens is 3. The van der Waals surface area contributed by atoms with Crippen LogP contribution in [-0.4, -0.2) is 11.2 Å². The monoisotopic (exact) mass is 211 g/mol. The summed E-state index contributed by atoms with van der Waals surface area (Å²) in [6.45, 7) is 0. The number of hydrogen-bond acceptors (Lipinski definition) is 1. The third-order valence-electron chi connectivity index (χ3n) is 2.13. The normalized spacial score (nSPS) is 20.9. The molecule has 0 saturated heterocycles. The lowest BCUT2D eigenvalue weighted by molar-refractivity contribution is 0.394. The Labute approximate surface area is 85.0 Å². The third-order valence-corrected chi connectivity index (χ3v) is 2.13. The Bertz CT molecular complexity index is 420. The van der Waals surface area contributed by atoms with Crippen LogP contribution in [0.5, 0.6) is 0 Å². The van der Waals surface area contributed by atoms with E-state index in [4.69, 9.17) is 0 Å². The van der Waals surface area contributed by atoms with E-state index in [2.05, 4.69) is 4.98 Å². The largest absolute Gasteiger partial charge is 0.253 e. The second-order valence-corrected chi connectivity index (χ2v) is 3.25. The third kappa shape index (κ3) is 2.09. The van der Waals surface area contributed by atoms with Crippen LogP contribution in [0.4, 0.5) is 13.2 Å². The molecular formula is C11H8F3N. The molecule has 2 rings (SSSR count). The van der Waals surface area contributed by atoms with Crippen molar-refractivity contribution in [3.63, 3.8) is 0 Å². The van der Waals surface area contributed by atoms with Crippen molar-refractivity contribution in [1.82, 2.24) is 4.98 Å². The molecule has 1 aliphatic rings. The van der Waals surface area contributed by atoms with E-state index in [0.717, 1.165) is 12.3 Å². The zero-order valence-electron chi connectivity index (χ0n) is 7.75. The molecule has 1 aromatic heterocycles. The molecule has 0 aliphatic heterocycles. The van der Waals surface area contributed by atoms with Gasteiger partial charge in [0, 0.05) is 12.0 Å². The van der Waals surface area contributed by atoms with Crippen LogP contribution < -0.4 is 0 Å². The van der Waals surface area contributed by atoms with Gasteiger partial charge in [-0.05, 0) is 18.2 Å². The summed E-state index contributed by atoms with van der Waals surface area (Å²) in [5, 5.41) is 0. The smallest absolute Gasteiger partial charge is 0.141 e.